The summed E-state index contributed by atoms with van der Waals surface area (Å²) in [6, 6.07) is 0.521. The van der Waals surface area contributed by atoms with Gasteiger partial charge in [-0.25, -0.2) is 0 Å². The monoisotopic (exact) mass is 252 g/mol. The standard InChI is InChI=1S/C15H28N2O/c1-14(18)13-15-7-3-2-4-10-17(15)12-11-16-8-5-6-9-16/h15H,2-13H2,1H3. The molecule has 2 aliphatic heterocycles. The first-order valence-corrected chi connectivity index (χ1v) is 7.71. The van der Waals surface area contributed by atoms with E-state index in [4.69, 9.17) is 0 Å². The minimum absolute atomic E-state index is 0.355. The quantitative estimate of drug-likeness (QED) is 0.750. The van der Waals surface area contributed by atoms with Crippen molar-refractivity contribution < 1.29 is 4.79 Å². The van der Waals surface area contributed by atoms with Crippen molar-refractivity contribution >= 4 is 5.78 Å². The second-order valence-corrected chi connectivity index (χ2v) is 5.99. The minimum atomic E-state index is 0.355. The van der Waals surface area contributed by atoms with Crippen molar-refractivity contribution in [3.63, 3.8) is 0 Å². The Morgan fingerprint density at radius 3 is 2.44 bits per heavy atom. The predicted molar refractivity (Wildman–Crippen MR) is 74.8 cm³/mol. The lowest BCUT2D eigenvalue weighted by molar-refractivity contribution is -0.118. The first-order chi connectivity index (χ1) is 8.75. The van der Waals surface area contributed by atoms with E-state index in [-0.39, 0.29) is 0 Å². The summed E-state index contributed by atoms with van der Waals surface area (Å²) in [6.07, 6.45) is 8.69. The third kappa shape index (κ3) is 4.36. The fraction of sp³-hybridized carbons (Fsp3) is 0.933. The first kappa shape index (κ1) is 14.0. The van der Waals surface area contributed by atoms with E-state index in [0.29, 0.717) is 11.8 Å². The van der Waals surface area contributed by atoms with Crippen LogP contribution in [0, 0.1) is 0 Å². The maximum Gasteiger partial charge on any atom is 0.131 e. The molecule has 0 bridgehead atoms. The molecule has 2 aliphatic rings. The highest BCUT2D eigenvalue weighted by Gasteiger charge is 2.23. The molecule has 2 heterocycles. The van der Waals surface area contributed by atoms with Gasteiger partial charge in [-0.3, -0.25) is 9.69 Å². The summed E-state index contributed by atoms with van der Waals surface area (Å²) >= 11 is 0. The topological polar surface area (TPSA) is 23.6 Å². The SMILES string of the molecule is CC(=O)CC1CCCCCN1CCN1CCCC1. The second kappa shape index (κ2) is 7.25. The van der Waals surface area contributed by atoms with Crippen LogP contribution in [-0.4, -0.2) is 54.3 Å². The summed E-state index contributed by atoms with van der Waals surface area (Å²) in [4.78, 5) is 16.6. The fourth-order valence-corrected chi connectivity index (χ4v) is 3.37. The van der Waals surface area contributed by atoms with Crippen molar-refractivity contribution in [1.29, 1.82) is 0 Å². The van der Waals surface area contributed by atoms with Crippen molar-refractivity contribution in [2.45, 2.75) is 57.9 Å². The van der Waals surface area contributed by atoms with Crippen LogP contribution >= 0.6 is 0 Å². The Labute approximate surface area is 112 Å². The van der Waals surface area contributed by atoms with Gasteiger partial charge in [0, 0.05) is 25.6 Å². The molecule has 0 saturated carbocycles. The van der Waals surface area contributed by atoms with Crippen molar-refractivity contribution in [1.82, 2.24) is 9.80 Å². The molecule has 0 amide bonds. The third-order valence-electron chi connectivity index (χ3n) is 4.42. The van der Waals surface area contributed by atoms with E-state index in [1.54, 1.807) is 6.92 Å². The average Bonchev–Trinajstić information content (AvgIpc) is 2.75. The molecule has 1 unspecified atom stereocenters. The van der Waals surface area contributed by atoms with E-state index in [0.717, 1.165) is 13.0 Å². The summed E-state index contributed by atoms with van der Waals surface area (Å²) in [5.74, 6) is 0.355. The zero-order valence-corrected chi connectivity index (χ0v) is 11.9. The van der Waals surface area contributed by atoms with Crippen LogP contribution in [0.5, 0.6) is 0 Å². The minimum Gasteiger partial charge on any atom is -0.302 e. The molecule has 1 atom stereocenters. The lowest BCUT2D eigenvalue weighted by Crippen LogP contribution is -2.41. The van der Waals surface area contributed by atoms with Crippen LogP contribution in [0.3, 0.4) is 0 Å². The van der Waals surface area contributed by atoms with Gasteiger partial charge in [0.15, 0.2) is 0 Å². The number of rotatable bonds is 5. The van der Waals surface area contributed by atoms with Crippen LogP contribution in [0.1, 0.15) is 51.9 Å². The Hall–Kier alpha value is -0.410. The van der Waals surface area contributed by atoms with E-state index in [2.05, 4.69) is 9.80 Å². The molecule has 104 valence electrons. The van der Waals surface area contributed by atoms with Crippen molar-refractivity contribution in [3.05, 3.63) is 0 Å². The van der Waals surface area contributed by atoms with Gasteiger partial charge in [0.2, 0.25) is 0 Å². The molecule has 2 rings (SSSR count). The highest BCUT2D eigenvalue weighted by molar-refractivity contribution is 5.76. The first-order valence-electron chi connectivity index (χ1n) is 7.71. The maximum atomic E-state index is 11.4. The van der Waals surface area contributed by atoms with Gasteiger partial charge in [-0.1, -0.05) is 12.8 Å². The third-order valence-corrected chi connectivity index (χ3v) is 4.42. The van der Waals surface area contributed by atoms with Crippen LogP contribution in [-0.2, 0) is 4.79 Å². The van der Waals surface area contributed by atoms with Gasteiger partial charge in [0.05, 0.1) is 0 Å². The van der Waals surface area contributed by atoms with Crippen LogP contribution in [0.4, 0.5) is 0 Å². The molecule has 3 heteroatoms. The molecule has 0 aromatic heterocycles. The van der Waals surface area contributed by atoms with Gasteiger partial charge >= 0.3 is 0 Å². The smallest absolute Gasteiger partial charge is 0.131 e. The predicted octanol–water partition coefficient (Wildman–Crippen LogP) is 2.31. The van der Waals surface area contributed by atoms with Gasteiger partial charge in [-0.05, 0) is 52.2 Å². The molecule has 3 nitrogen and oxygen atoms in total. The largest absolute Gasteiger partial charge is 0.302 e. The summed E-state index contributed by atoms with van der Waals surface area (Å²) in [5, 5.41) is 0. The Morgan fingerprint density at radius 2 is 1.72 bits per heavy atom. The molecular formula is C15H28N2O. The number of likely N-dealkylation sites (tertiary alicyclic amines) is 2. The maximum absolute atomic E-state index is 11.4. The fourth-order valence-electron chi connectivity index (χ4n) is 3.37. The Kier molecular flexibility index (Phi) is 5.64. The van der Waals surface area contributed by atoms with Gasteiger partial charge in [0.1, 0.15) is 5.78 Å². The van der Waals surface area contributed by atoms with Crippen molar-refractivity contribution in [2.24, 2.45) is 0 Å². The number of ketones is 1. The summed E-state index contributed by atoms with van der Waals surface area (Å²) in [5.41, 5.74) is 0. The van der Waals surface area contributed by atoms with E-state index < -0.39 is 0 Å². The van der Waals surface area contributed by atoms with Crippen molar-refractivity contribution in [2.75, 3.05) is 32.7 Å². The van der Waals surface area contributed by atoms with E-state index >= 15 is 0 Å². The summed E-state index contributed by atoms with van der Waals surface area (Å²) in [7, 11) is 0. The number of nitrogens with zero attached hydrogens (tertiary/aromatic N) is 2. The molecule has 2 saturated heterocycles. The summed E-state index contributed by atoms with van der Waals surface area (Å²) in [6.45, 7) is 7.87. The Balaban J connectivity index is 1.82. The number of hydrogen-bond acceptors (Lipinski definition) is 3. The van der Waals surface area contributed by atoms with Gasteiger partial charge in [0.25, 0.3) is 0 Å². The molecule has 0 aromatic carbocycles. The van der Waals surface area contributed by atoms with Crippen LogP contribution in [0.2, 0.25) is 0 Å². The molecule has 0 aliphatic carbocycles. The van der Waals surface area contributed by atoms with Crippen LogP contribution < -0.4 is 0 Å². The van der Waals surface area contributed by atoms with Gasteiger partial charge in [-0.2, -0.15) is 0 Å². The van der Waals surface area contributed by atoms with Gasteiger partial charge < -0.3 is 4.90 Å². The van der Waals surface area contributed by atoms with Crippen LogP contribution in [0.15, 0.2) is 0 Å². The van der Waals surface area contributed by atoms with Crippen molar-refractivity contribution in [3.8, 4) is 0 Å². The zero-order chi connectivity index (χ0) is 12.8. The average molecular weight is 252 g/mol. The van der Waals surface area contributed by atoms with Crippen LogP contribution in [0.25, 0.3) is 0 Å². The highest BCUT2D eigenvalue weighted by atomic mass is 16.1. The van der Waals surface area contributed by atoms with E-state index in [9.17, 15) is 4.79 Å². The molecule has 0 spiro atoms. The molecule has 2 fully saturated rings. The van der Waals surface area contributed by atoms with E-state index in [1.807, 2.05) is 0 Å². The Bertz CT molecular complexity index is 261. The molecule has 0 aromatic rings. The number of carbonyl (C=O) groups excluding carboxylic acids is 1. The lowest BCUT2D eigenvalue weighted by atomic mass is 10.0. The van der Waals surface area contributed by atoms with Gasteiger partial charge in [-0.15, -0.1) is 0 Å². The highest BCUT2D eigenvalue weighted by Crippen LogP contribution is 2.19. The Morgan fingerprint density at radius 1 is 1.00 bits per heavy atom. The lowest BCUT2D eigenvalue weighted by Gasteiger charge is -2.31. The van der Waals surface area contributed by atoms with E-state index in [1.165, 1.54) is 64.7 Å². The number of carbonyl (C=O) groups is 1. The molecule has 18 heavy (non-hydrogen) atoms. The number of hydrogen-bond donors (Lipinski definition) is 0. The molecular weight excluding hydrogens is 224 g/mol. The molecule has 0 N–H and O–H groups in total. The number of Topliss-reactive ketones (excluding diaryl/α,β-unsaturated/α-hetero) is 1. The second-order valence-electron chi connectivity index (χ2n) is 5.99. The zero-order valence-electron chi connectivity index (χ0n) is 11.9. The molecule has 0 radical (unpaired) electrons. The normalized spacial score (nSPS) is 27.3. The summed E-state index contributed by atoms with van der Waals surface area (Å²) < 4.78 is 0.